The molecule has 0 saturated heterocycles. The minimum Gasteiger partial charge on any atom is -0.493 e. The largest absolute Gasteiger partial charge is 0.493 e. The number of aliphatic hydroxyl groups excluding tert-OH is 1. The fourth-order valence-corrected chi connectivity index (χ4v) is 2.27. The summed E-state index contributed by atoms with van der Waals surface area (Å²) < 4.78 is 5.71. The first-order valence-electron chi connectivity index (χ1n) is 7.03. The summed E-state index contributed by atoms with van der Waals surface area (Å²) in [4.78, 5) is 4.30. The number of hydrogen-bond acceptors (Lipinski definition) is 3. The molecule has 1 aromatic heterocycles. The average molecular weight is 279 g/mol. The predicted molar refractivity (Wildman–Crippen MR) is 83.3 cm³/mol. The molecule has 3 rings (SSSR count). The zero-order valence-corrected chi connectivity index (χ0v) is 11.6. The van der Waals surface area contributed by atoms with Gasteiger partial charge in [-0.1, -0.05) is 36.4 Å². The highest BCUT2D eigenvalue weighted by molar-refractivity contribution is 5.79. The van der Waals surface area contributed by atoms with Crippen molar-refractivity contribution >= 4 is 10.9 Å². The third-order valence-corrected chi connectivity index (χ3v) is 3.42. The highest BCUT2D eigenvalue weighted by Gasteiger charge is 2.07. The van der Waals surface area contributed by atoms with Crippen molar-refractivity contribution in [2.75, 3.05) is 6.61 Å². The molecular weight excluding hydrogens is 262 g/mol. The summed E-state index contributed by atoms with van der Waals surface area (Å²) in [6, 6.07) is 19.4. The van der Waals surface area contributed by atoms with Gasteiger partial charge >= 0.3 is 0 Å². The van der Waals surface area contributed by atoms with Gasteiger partial charge in [-0.3, -0.25) is 4.98 Å². The highest BCUT2D eigenvalue weighted by Crippen LogP contribution is 2.20. The van der Waals surface area contributed by atoms with Gasteiger partial charge in [0.25, 0.3) is 0 Å². The molecule has 1 heterocycles. The Kier molecular flexibility index (Phi) is 4.12. The number of aromatic nitrogens is 1. The Labute approximate surface area is 123 Å². The van der Waals surface area contributed by atoms with Crippen LogP contribution in [-0.2, 0) is 0 Å². The number of hydrogen-bond donors (Lipinski definition) is 1. The van der Waals surface area contributed by atoms with Crippen molar-refractivity contribution in [3.8, 4) is 5.75 Å². The van der Waals surface area contributed by atoms with Gasteiger partial charge in [0.2, 0.25) is 0 Å². The summed E-state index contributed by atoms with van der Waals surface area (Å²) in [5, 5.41) is 11.2. The molecule has 3 heteroatoms. The predicted octanol–water partition coefficient (Wildman–Crippen LogP) is 3.74. The molecule has 0 saturated carbocycles. The molecule has 3 aromatic rings. The van der Waals surface area contributed by atoms with Crippen molar-refractivity contribution in [3.05, 3.63) is 72.4 Å². The highest BCUT2D eigenvalue weighted by atomic mass is 16.5. The summed E-state index contributed by atoms with van der Waals surface area (Å²) in [6.07, 6.45) is 1.83. The normalized spacial score (nSPS) is 12.2. The van der Waals surface area contributed by atoms with E-state index in [2.05, 4.69) is 4.98 Å². The molecule has 0 bridgehead atoms. The third kappa shape index (κ3) is 3.38. The lowest BCUT2D eigenvalue weighted by atomic mass is 10.1. The first kappa shape index (κ1) is 13.6. The number of aliphatic hydroxyl groups is 1. The number of ether oxygens (including phenoxy) is 1. The van der Waals surface area contributed by atoms with Gasteiger partial charge in [-0.05, 0) is 23.8 Å². The summed E-state index contributed by atoms with van der Waals surface area (Å²) in [7, 11) is 0. The minimum atomic E-state index is -0.496. The van der Waals surface area contributed by atoms with Crippen molar-refractivity contribution in [1.29, 1.82) is 0 Å². The smallest absolute Gasteiger partial charge is 0.121 e. The van der Waals surface area contributed by atoms with E-state index in [-0.39, 0.29) is 0 Å². The van der Waals surface area contributed by atoms with Gasteiger partial charge in [0.1, 0.15) is 5.75 Å². The first-order chi connectivity index (χ1) is 10.3. The third-order valence-electron chi connectivity index (χ3n) is 3.42. The van der Waals surface area contributed by atoms with Crippen molar-refractivity contribution in [3.63, 3.8) is 0 Å². The van der Waals surface area contributed by atoms with Crippen molar-refractivity contribution in [2.45, 2.75) is 12.5 Å². The molecule has 21 heavy (non-hydrogen) atoms. The maximum absolute atomic E-state index is 10.1. The van der Waals surface area contributed by atoms with Crippen molar-refractivity contribution in [2.24, 2.45) is 0 Å². The van der Waals surface area contributed by atoms with Crippen molar-refractivity contribution < 1.29 is 9.84 Å². The van der Waals surface area contributed by atoms with Gasteiger partial charge in [0.05, 0.1) is 18.2 Å². The summed E-state index contributed by atoms with van der Waals surface area (Å²) in [6.45, 7) is 0.467. The number of rotatable bonds is 5. The topological polar surface area (TPSA) is 42.4 Å². The molecule has 0 spiro atoms. The van der Waals surface area contributed by atoms with Gasteiger partial charge in [-0.25, -0.2) is 0 Å². The van der Waals surface area contributed by atoms with E-state index in [9.17, 15) is 5.11 Å². The van der Waals surface area contributed by atoms with E-state index in [0.29, 0.717) is 13.0 Å². The van der Waals surface area contributed by atoms with Crippen LogP contribution in [0.15, 0.2) is 66.9 Å². The maximum atomic E-state index is 10.1. The van der Waals surface area contributed by atoms with Crippen LogP contribution in [0.3, 0.4) is 0 Å². The Morgan fingerprint density at radius 3 is 2.71 bits per heavy atom. The van der Waals surface area contributed by atoms with Gasteiger partial charge in [0, 0.05) is 24.1 Å². The summed E-state index contributed by atoms with van der Waals surface area (Å²) in [5.41, 5.74) is 1.83. The standard InChI is InChI=1S/C18H17NO2/c20-18(15-5-2-1-3-6-15)10-12-21-16-9-8-14-7-4-11-19-17(14)13-16/h1-9,11,13,18,20H,10,12H2. The molecule has 0 aliphatic carbocycles. The van der Waals surface area contributed by atoms with Crippen LogP contribution in [0.2, 0.25) is 0 Å². The maximum Gasteiger partial charge on any atom is 0.121 e. The van der Waals surface area contributed by atoms with Gasteiger partial charge in [0.15, 0.2) is 0 Å². The molecule has 106 valence electrons. The lowest BCUT2D eigenvalue weighted by molar-refractivity contribution is 0.141. The number of fused-ring (bicyclic) bond motifs is 1. The van der Waals surface area contributed by atoms with Gasteiger partial charge in [-0.15, -0.1) is 0 Å². The molecule has 0 amide bonds. The molecule has 0 aliphatic rings. The van der Waals surface area contributed by atoms with E-state index in [0.717, 1.165) is 22.2 Å². The molecule has 1 unspecified atom stereocenters. The van der Waals surface area contributed by atoms with Gasteiger partial charge in [-0.2, -0.15) is 0 Å². The zero-order chi connectivity index (χ0) is 14.5. The van der Waals surface area contributed by atoms with E-state index >= 15 is 0 Å². The van der Waals surface area contributed by atoms with Crippen molar-refractivity contribution in [1.82, 2.24) is 4.98 Å². The van der Waals surface area contributed by atoms with Crippen LogP contribution >= 0.6 is 0 Å². The average Bonchev–Trinajstić information content (AvgIpc) is 2.55. The molecule has 2 aromatic carbocycles. The molecular formula is C18H17NO2. The lowest BCUT2D eigenvalue weighted by Crippen LogP contribution is -2.05. The van der Waals surface area contributed by atoms with Crippen LogP contribution in [-0.4, -0.2) is 16.7 Å². The second kappa shape index (κ2) is 6.37. The molecule has 3 nitrogen and oxygen atoms in total. The van der Waals surface area contributed by atoms with E-state index < -0.39 is 6.10 Å². The first-order valence-corrected chi connectivity index (χ1v) is 7.03. The number of pyridine rings is 1. The Bertz CT molecular complexity index is 712. The number of benzene rings is 2. The second-order valence-electron chi connectivity index (χ2n) is 4.92. The molecule has 0 aliphatic heterocycles. The second-order valence-corrected chi connectivity index (χ2v) is 4.92. The fraction of sp³-hybridized carbons (Fsp3) is 0.167. The zero-order valence-electron chi connectivity index (χ0n) is 11.6. The quantitative estimate of drug-likeness (QED) is 0.773. The molecule has 1 N–H and O–H groups in total. The van der Waals surface area contributed by atoms with Crippen LogP contribution < -0.4 is 4.74 Å². The Morgan fingerprint density at radius 1 is 1.00 bits per heavy atom. The van der Waals surface area contributed by atoms with Crippen LogP contribution in [0.4, 0.5) is 0 Å². The van der Waals surface area contributed by atoms with Crippen LogP contribution in [0.1, 0.15) is 18.1 Å². The van der Waals surface area contributed by atoms with Crippen LogP contribution in [0.25, 0.3) is 10.9 Å². The molecule has 1 atom stereocenters. The Balaban J connectivity index is 1.59. The Morgan fingerprint density at radius 2 is 1.86 bits per heavy atom. The molecule has 0 radical (unpaired) electrons. The van der Waals surface area contributed by atoms with E-state index in [1.165, 1.54) is 0 Å². The molecule has 0 fully saturated rings. The fourth-order valence-electron chi connectivity index (χ4n) is 2.27. The SMILES string of the molecule is OC(CCOc1ccc2cccnc2c1)c1ccccc1. The number of nitrogens with zero attached hydrogens (tertiary/aromatic N) is 1. The Hall–Kier alpha value is -2.39. The van der Waals surface area contributed by atoms with Crippen LogP contribution in [0.5, 0.6) is 5.75 Å². The lowest BCUT2D eigenvalue weighted by Gasteiger charge is -2.12. The van der Waals surface area contributed by atoms with E-state index in [1.54, 1.807) is 6.20 Å². The van der Waals surface area contributed by atoms with Gasteiger partial charge < -0.3 is 9.84 Å². The van der Waals surface area contributed by atoms with E-state index in [4.69, 9.17) is 4.74 Å². The minimum absolute atomic E-state index is 0.467. The summed E-state index contributed by atoms with van der Waals surface area (Å²) in [5.74, 6) is 0.779. The summed E-state index contributed by atoms with van der Waals surface area (Å²) >= 11 is 0. The monoisotopic (exact) mass is 279 g/mol. The van der Waals surface area contributed by atoms with Crippen LogP contribution in [0, 0.1) is 0 Å². The van der Waals surface area contributed by atoms with E-state index in [1.807, 2.05) is 60.7 Å².